The molecular formula is C9H9N5. The van der Waals surface area contributed by atoms with Crippen LogP contribution in [0.4, 0.5) is 5.82 Å². The van der Waals surface area contributed by atoms with Crippen LogP contribution in [0, 0.1) is 0 Å². The van der Waals surface area contributed by atoms with Crippen LogP contribution in [0.5, 0.6) is 0 Å². The molecule has 0 saturated heterocycles. The minimum Gasteiger partial charge on any atom is -0.368 e. The summed E-state index contributed by atoms with van der Waals surface area (Å²) in [7, 11) is 0. The summed E-state index contributed by atoms with van der Waals surface area (Å²) in [6.07, 6.45) is 6.09. The van der Waals surface area contributed by atoms with Crippen molar-refractivity contribution in [3.63, 3.8) is 0 Å². The van der Waals surface area contributed by atoms with Gasteiger partial charge in [-0.05, 0) is 6.42 Å². The van der Waals surface area contributed by atoms with Gasteiger partial charge >= 0.3 is 0 Å². The maximum atomic E-state index is 4.24. The molecule has 0 saturated carbocycles. The first-order valence-corrected chi connectivity index (χ1v) is 4.52. The third kappa shape index (κ3) is 0.985. The monoisotopic (exact) mass is 187 g/mol. The molecule has 2 aromatic heterocycles. The van der Waals surface area contributed by atoms with Gasteiger partial charge in [0, 0.05) is 24.5 Å². The molecule has 0 amide bonds. The van der Waals surface area contributed by atoms with E-state index in [0.29, 0.717) is 0 Å². The molecule has 0 fully saturated rings. The molecule has 3 rings (SSSR count). The summed E-state index contributed by atoms with van der Waals surface area (Å²) < 4.78 is 0. The van der Waals surface area contributed by atoms with Crippen LogP contribution in [0.15, 0.2) is 18.6 Å². The molecule has 0 radical (unpaired) electrons. The van der Waals surface area contributed by atoms with E-state index >= 15 is 0 Å². The van der Waals surface area contributed by atoms with Crippen LogP contribution >= 0.6 is 0 Å². The number of rotatable bonds is 1. The highest BCUT2D eigenvalue weighted by Gasteiger charge is 2.19. The largest absolute Gasteiger partial charge is 0.368 e. The standard InChI is InChI=1S/C9H9N5/c1-2-12-9-6(1)8(13-14-9)7-5-10-3-4-11-7/h3-5H,1-2H2,(H2,12,13,14). The molecule has 3 heterocycles. The molecule has 0 bridgehead atoms. The first kappa shape index (κ1) is 7.49. The molecule has 5 nitrogen and oxygen atoms in total. The number of H-pyrrole nitrogens is 1. The van der Waals surface area contributed by atoms with Crippen LogP contribution in [0.1, 0.15) is 5.56 Å². The van der Waals surface area contributed by atoms with Gasteiger partial charge in [-0.1, -0.05) is 0 Å². The third-order valence-corrected chi connectivity index (χ3v) is 2.35. The Morgan fingerprint density at radius 3 is 3.14 bits per heavy atom. The van der Waals surface area contributed by atoms with E-state index in [1.165, 1.54) is 5.56 Å². The van der Waals surface area contributed by atoms with Gasteiger partial charge in [0.05, 0.1) is 11.9 Å². The molecule has 5 heteroatoms. The van der Waals surface area contributed by atoms with Crippen LogP contribution in [-0.2, 0) is 6.42 Å². The highest BCUT2D eigenvalue weighted by molar-refractivity contribution is 5.67. The Hall–Kier alpha value is -1.91. The Kier molecular flexibility index (Phi) is 1.50. The van der Waals surface area contributed by atoms with Crippen LogP contribution in [-0.4, -0.2) is 26.7 Å². The molecule has 14 heavy (non-hydrogen) atoms. The maximum absolute atomic E-state index is 4.24. The third-order valence-electron chi connectivity index (χ3n) is 2.35. The fraction of sp³-hybridized carbons (Fsp3) is 0.222. The van der Waals surface area contributed by atoms with Crippen LogP contribution in [0.25, 0.3) is 11.4 Å². The lowest BCUT2D eigenvalue weighted by Gasteiger charge is -1.96. The number of nitrogens with one attached hydrogen (secondary N) is 2. The van der Waals surface area contributed by atoms with Crippen molar-refractivity contribution in [2.45, 2.75) is 6.42 Å². The second-order valence-electron chi connectivity index (χ2n) is 3.19. The lowest BCUT2D eigenvalue weighted by atomic mass is 10.1. The fourth-order valence-corrected chi connectivity index (χ4v) is 1.70. The van der Waals surface area contributed by atoms with Crippen molar-refractivity contribution in [2.24, 2.45) is 0 Å². The van der Waals surface area contributed by atoms with Crippen LogP contribution < -0.4 is 5.32 Å². The van der Waals surface area contributed by atoms with Crippen molar-refractivity contribution in [1.29, 1.82) is 0 Å². The molecule has 1 aliphatic rings. The predicted molar refractivity (Wildman–Crippen MR) is 51.8 cm³/mol. The zero-order valence-electron chi connectivity index (χ0n) is 7.49. The second-order valence-corrected chi connectivity index (χ2v) is 3.19. The summed E-state index contributed by atoms with van der Waals surface area (Å²) in [6.45, 7) is 0.958. The Balaban J connectivity index is 2.13. The topological polar surface area (TPSA) is 66.5 Å². The zero-order valence-corrected chi connectivity index (χ0v) is 7.49. The SMILES string of the molecule is c1cnc(-c2[nH]nc3c2CCN3)cn1. The van der Waals surface area contributed by atoms with E-state index in [9.17, 15) is 0 Å². The van der Waals surface area contributed by atoms with Crippen molar-refractivity contribution < 1.29 is 0 Å². The minimum atomic E-state index is 0.852. The van der Waals surface area contributed by atoms with Crippen molar-refractivity contribution >= 4 is 5.82 Å². The summed E-state index contributed by atoms with van der Waals surface area (Å²) in [5, 5.41) is 10.3. The number of anilines is 1. The van der Waals surface area contributed by atoms with Crippen molar-refractivity contribution in [3.8, 4) is 11.4 Å². The molecule has 70 valence electrons. The molecule has 0 atom stereocenters. The highest BCUT2D eigenvalue weighted by atomic mass is 15.2. The molecule has 0 unspecified atom stereocenters. The van der Waals surface area contributed by atoms with E-state index in [4.69, 9.17) is 0 Å². The zero-order chi connectivity index (χ0) is 9.38. The lowest BCUT2D eigenvalue weighted by Crippen LogP contribution is -1.95. The van der Waals surface area contributed by atoms with E-state index in [1.54, 1.807) is 18.6 Å². The van der Waals surface area contributed by atoms with E-state index in [2.05, 4.69) is 25.5 Å². The number of aromatic nitrogens is 4. The van der Waals surface area contributed by atoms with E-state index in [0.717, 1.165) is 30.2 Å². The molecular weight excluding hydrogens is 178 g/mol. The Labute approximate surface area is 80.6 Å². The van der Waals surface area contributed by atoms with Crippen molar-refractivity contribution in [1.82, 2.24) is 20.2 Å². The molecule has 0 aliphatic carbocycles. The summed E-state index contributed by atoms with van der Waals surface area (Å²) in [6, 6.07) is 0. The van der Waals surface area contributed by atoms with Crippen molar-refractivity contribution in [3.05, 3.63) is 24.2 Å². The number of nitrogens with zero attached hydrogens (tertiary/aromatic N) is 3. The van der Waals surface area contributed by atoms with Gasteiger partial charge in [0.2, 0.25) is 0 Å². The molecule has 0 spiro atoms. The van der Waals surface area contributed by atoms with Gasteiger partial charge in [-0.2, -0.15) is 5.10 Å². The minimum absolute atomic E-state index is 0.852. The number of aromatic amines is 1. The smallest absolute Gasteiger partial charge is 0.151 e. The average molecular weight is 187 g/mol. The maximum Gasteiger partial charge on any atom is 0.151 e. The van der Waals surface area contributed by atoms with Gasteiger partial charge < -0.3 is 5.32 Å². The first-order valence-electron chi connectivity index (χ1n) is 4.52. The van der Waals surface area contributed by atoms with E-state index in [-0.39, 0.29) is 0 Å². The summed E-state index contributed by atoms with van der Waals surface area (Å²) >= 11 is 0. The van der Waals surface area contributed by atoms with Gasteiger partial charge in [-0.25, -0.2) is 0 Å². The normalized spacial score (nSPS) is 13.7. The quantitative estimate of drug-likeness (QED) is 0.694. The number of fused-ring (bicyclic) bond motifs is 1. The van der Waals surface area contributed by atoms with Gasteiger partial charge in [0.25, 0.3) is 0 Å². The highest BCUT2D eigenvalue weighted by Crippen LogP contribution is 2.28. The first-order chi connectivity index (χ1) is 6.95. The Morgan fingerprint density at radius 2 is 2.29 bits per heavy atom. The molecule has 2 N–H and O–H groups in total. The molecule has 0 aromatic carbocycles. The van der Waals surface area contributed by atoms with Gasteiger partial charge in [-0.3, -0.25) is 15.1 Å². The number of hydrogen-bond donors (Lipinski definition) is 2. The van der Waals surface area contributed by atoms with Gasteiger partial charge in [0.15, 0.2) is 5.82 Å². The molecule has 1 aliphatic heterocycles. The van der Waals surface area contributed by atoms with Gasteiger partial charge in [-0.15, -0.1) is 0 Å². The lowest BCUT2D eigenvalue weighted by molar-refractivity contribution is 1.03. The fourth-order valence-electron chi connectivity index (χ4n) is 1.70. The summed E-state index contributed by atoms with van der Waals surface area (Å²) in [4.78, 5) is 8.27. The molecule has 2 aromatic rings. The number of hydrogen-bond acceptors (Lipinski definition) is 4. The van der Waals surface area contributed by atoms with E-state index in [1.807, 2.05) is 0 Å². The van der Waals surface area contributed by atoms with E-state index < -0.39 is 0 Å². The average Bonchev–Trinajstić information content (AvgIpc) is 2.79. The van der Waals surface area contributed by atoms with Crippen LogP contribution in [0.2, 0.25) is 0 Å². The Morgan fingerprint density at radius 1 is 1.29 bits per heavy atom. The summed E-state index contributed by atoms with van der Waals surface area (Å²) in [5.74, 6) is 0.950. The Bertz CT molecular complexity index is 447. The summed E-state index contributed by atoms with van der Waals surface area (Å²) in [5.41, 5.74) is 3.05. The van der Waals surface area contributed by atoms with Crippen molar-refractivity contribution in [2.75, 3.05) is 11.9 Å². The van der Waals surface area contributed by atoms with Gasteiger partial charge in [0.1, 0.15) is 5.69 Å². The predicted octanol–water partition coefficient (Wildman–Crippen LogP) is 0.835. The second kappa shape index (κ2) is 2.80. The van der Waals surface area contributed by atoms with Crippen LogP contribution in [0.3, 0.4) is 0 Å².